The lowest BCUT2D eigenvalue weighted by Crippen LogP contribution is -2.41. The van der Waals surface area contributed by atoms with Crippen molar-refractivity contribution in [2.45, 2.75) is 12.5 Å². The quantitative estimate of drug-likeness (QED) is 0.809. The van der Waals surface area contributed by atoms with Crippen molar-refractivity contribution >= 4 is 35.1 Å². The Morgan fingerprint density at radius 1 is 1.20 bits per heavy atom. The van der Waals surface area contributed by atoms with Gasteiger partial charge in [-0.2, -0.15) is 0 Å². The summed E-state index contributed by atoms with van der Waals surface area (Å²) in [4.78, 5) is 30.1. The molecule has 1 atom stereocenters. The summed E-state index contributed by atoms with van der Waals surface area (Å²) >= 11 is 12.1. The van der Waals surface area contributed by atoms with E-state index in [1.807, 2.05) is 0 Å². The minimum Gasteiger partial charge on any atom is -0.489 e. The van der Waals surface area contributed by atoms with Crippen molar-refractivity contribution in [1.82, 2.24) is 15.2 Å². The number of benzene rings is 1. The van der Waals surface area contributed by atoms with Crippen molar-refractivity contribution < 1.29 is 14.3 Å². The first-order chi connectivity index (χ1) is 11.9. The predicted octanol–water partition coefficient (Wildman–Crippen LogP) is 3.23. The summed E-state index contributed by atoms with van der Waals surface area (Å²) in [5.41, 5.74) is -0.529. The number of carbonyl (C=O) groups excluding carboxylic acids is 2. The van der Waals surface area contributed by atoms with Crippen LogP contribution in [0.4, 0.5) is 4.79 Å². The average molecular weight is 380 g/mol. The van der Waals surface area contributed by atoms with Crippen LogP contribution in [-0.2, 0) is 10.3 Å². The van der Waals surface area contributed by atoms with Gasteiger partial charge < -0.3 is 10.1 Å². The Labute approximate surface area is 154 Å². The summed E-state index contributed by atoms with van der Waals surface area (Å²) in [7, 11) is 0. The first-order valence-corrected chi connectivity index (χ1v) is 8.30. The second-order valence-electron chi connectivity index (χ2n) is 5.65. The third kappa shape index (κ3) is 3.27. The van der Waals surface area contributed by atoms with Gasteiger partial charge in [-0.1, -0.05) is 35.3 Å². The monoisotopic (exact) mass is 379 g/mol. The summed E-state index contributed by atoms with van der Waals surface area (Å²) in [6, 6.07) is 7.98. The summed E-state index contributed by atoms with van der Waals surface area (Å²) in [6.07, 6.45) is 3.16. The summed E-state index contributed by atoms with van der Waals surface area (Å²) < 4.78 is 5.55. The Bertz CT molecular complexity index is 796. The van der Waals surface area contributed by atoms with E-state index >= 15 is 0 Å². The van der Waals surface area contributed by atoms with Gasteiger partial charge in [0.1, 0.15) is 12.1 Å². The highest BCUT2D eigenvalue weighted by atomic mass is 35.5. The van der Waals surface area contributed by atoms with Crippen LogP contribution in [0.3, 0.4) is 0 Å². The molecule has 2 heterocycles. The predicted molar refractivity (Wildman–Crippen MR) is 93.8 cm³/mol. The molecule has 1 aliphatic heterocycles. The Kier molecular flexibility index (Phi) is 4.83. The van der Waals surface area contributed by atoms with Gasteiger partial charge in [0.05, 0.1) is 16.6 Å². The molecule has 25 heavy (non-hydrogen) atoms. The fourth-order valence-corrected chi connectivity index (χ4v) is 3.12. The largest absolute Gasteiger partial charge is 0.489 e. The molecule has 1 aromatic heterocycles. The minimum atomic E-state index is -1.15. The van der Waals surface area contributed by atoms with Crippen LogP contribution in [-0.4, -0.2) is 35.0 Å². The third-order valence-corrected chi connectivity index (χ3v) is 4.59. The zero-order chi connectivity index (χ0) is 18.0. The van der Waals surface area contributed by atoms with E-state index in [0.717, 1.165) is 4.90 Å². The van der Waals surface area contributed by atoms with Crippen molar-refractivity contribution in [3.8, 4) is 5.75 Å². The molecule has 130 valence electrons. The van der Waals surface area contributed by atoms with Gasteiger partial charge in [0.25, 0.3) is 5.91 Å². The number of amides is 3. The van der Waals surface area contributed by atoms with Crippen LogP contribution in [0.2, 0.25) is 10.0 Å². The fraction of sp³-hybridized carbons (Fsp3) is 0.235. The lowest BCUT2D eigenvalue weighted by atomic mass is 9.94. The van der Waals surface area contributed by atoms with Crippen molar-refractivity contribution in [1.29, 1.82) is 0 Å². The molecule has 3 amide bonds. The SMILES string of the molecule is C[C@@]1(c2cccnc2)NC(=O)N(CCOc2c(Cl)cccc2Cl)C1=O. The van der Waals surface area contributed by atoms with Gasteiger partial charge in [0.2, 0.25) is 0 Å². The molecule has 1 saturated heterocycles. The Morgan fingerprint density at radius 2 is 1.92 bits per heavy atom. The first-order valence-electron chi connectivity index (χ1n) is 7.55. The molecule has 0 spiro atoms. The zero-order valence-corrected chi connectivity index (χ0v) is 14.8. The molecular weight excluding hydrogens is 365 g/mol. The number of hydrogen-bond acceptors (Lipinski definition) is 4. The topological polar surface area (TPSA) is 71.5 Å². The summed E-state index contributed by atoms with van der Waals surface area (Å²) in [5, 5.41) is 3.44. The van der Waals surface area contributed by atoms with E-state index in [1.54, 1.807) is 49.6 Å². The number of nitrogens with one attached hydrogen (secondary N) is 1. The Morgan fingerprint density at radius 3 is 2.56 bits per heavy atom. The Hall–Kier alpha value is -2.31. The number of rotatable bonds is 5. The van der Waals surface area contributed by atoms with Crippen LogP contribution < -0.4 is 10.1 Å². The average Bonchev–Trinajstić information content (AvgIpc) is 2.82. The van der Waals surface area contributed by atoms with E-state index in [1.165, 1.54) is 0 Å². The molecule has 0 unspecified atom stereocenters. The lowest BCUT2D eigenvalue weighted by Gasteiger charge is -2.21. The molecule has 6 nitrogen and oxygen atoms in total. The first kappa shape index (κ1) is 17.5. The highest BCUT2D eigenvalue weighted by Crippen LogP contribution is 2.32. The van der Waals surface area contributed by atoms with Crippen LogP contribution in [0, 0.1) is 0 Å². The molecule has 2 aromatic rings. The summed E-state index contributed by atoms with van der Waals surface area (Å²) in [6.45, 7) is 1.80. The van der Waals surface area contributed by atoms with E-state index in [0.29, 0.717) is 21.4 Å². The van der Waals surface area contributed by atoms with Crippen molar-refractivity contribution in [2.24, 2.45) is 0 Å². The number of urea groups is 1. The van der Waals surface area contributed by atoms with E-state index in [2.05, 4.69) is 10.3 Å². The minimum absolute atomic E-state index is 0.0715. The highest BCUT2D eigenvalue weighted by Gasteiger charge is 2.48. The number of hydrogen-bond donors (Lipinski definition) is 1. The molecule has 3 rings (SSSR count). The van der Waals surface area contributed by atoms with Crippen molar-refractivity contribution in [3.63, 3.8) is 0 Å². The summed E-state index contributed by atoms with van der Waals surface area (Å²) in [5.74, 6) is -0.0349. The highest BCUT2D eigenvalue weighted by molar-refractivity contribution is 6.37. The third-order valence-electron chi connectivity index (χ3n) is 3.99. The number of nitrogens with zero attached hydrogens (tertiary/aromatic N) is 2. The molecule has 0 bridgehead atoms. The van der Waals surface area contributed by atoms with Crippen LogP contribution in [0.25, 0.3) is 0 Å². The molecule has 1 fully saturated rings. The van der Waals surface area contributed by atoms with Gasteiger partial charge in [-0.3, -0.25) is 14.7 Å². The Balaban J connectivity index is 1.70. The molecular formula is C17H15Cl2N3O3. The molecule has 0 aliphatic carbocycles. The lowest BCUT2D eigenvalue weighted by molar-refractivity contribution is -0.131. The van der Waals surface area contributed by atoms with Gasteiger partial charge in [0, 0.05) is 18.0 Å². The smallest absolute Gasteiger partial charge is 0.325 e. The van der Waals surface area contributed by atoms with E-state index < -0.39 is 11.6 Å². The normalized spacial score (nSPS) is 19.9. The molecule has 0 radical (unpaired) electrons. The van der Waals surface area contributed by atoms with Gasteiger partial charge in [-0.25, -0.2) is 4.79 Å². The number of ether oxygens (including phenoxy) is 1. The second-order valence-corrected chi connectivity index (χ2v) is 6.47. The van der Waals surface area contributed by atoms with E-state index in [4.69, 9.17) is 27.9 Å². The van der Waals surface area contributed by atoms with Crippen LogP contribution >= 0.6 is 23.2 Å². The van der Waals surface area contributed by atoms with Crippen LogP contribution in [0.15, 0.2) is 42.7 Å². The van der Waals surface area contributed by atoms with E-state index in [9.17, 15) is 9.59 Å². The molecule has 1 aromatic carbocycles. The second kappa shape index (κ2) is 6.90. The number of halogens is 2. The van der Waals surface area contributed by atoms with Gasteiger partial charge >= 0.3 is 6.03 Å². The van der Waals surface area contributed by atoms with E-state index in [-0.39, 0.29) is 19.1 Å². The standard InChI is InChI=1S/C17H15Cl2N3O3/c1-17(11-4-3-7-20-10-11)15(23)22(16(24)21-17)8-9-25-14-12(18)5-2-6-13(14)19/h2-7,10H,8-9H2,1H3,(H,21,24)/t17-/m0/s1. The number of imide groups is 1. The number of carbonyl (C=O) groups is 2. The van der Waals surface area contributed by atoms with Crippen molar-refractivity contribution in [3.05, 3.63) is 58.3 Å². The van der Waals surface area contributed by atoms with Crippen LogP contribution in [0.1, 0.15) is 12.5 Å². The van der Waals surface area contributed by atoms with Crippen LogP contribution in [0.5, 0.6) is 5.75 Å². The van der Waals surface area contributed by atoms with Gasteiger partial charge in [0.15, 0.2) is 5.75 Å². The molecule has 8 heteroatoms. The molecule has 0 saturated carbocycles. The maximum Gasteiger partial charge on any atom is 0.325 e. The maximum atomic E-state index is 12.7. The number of pyridine rings is 1. The zero-order valence-electron chi connectivity index (χ0n) is 13.3. The maximum absolute atomic E-state index is 12.7. The van der Waals surface area contributed by atoms with Gasteiger partial charge in [-0.05, 0) is 25.1 Å². The number of para-hydroxylation sites is 1. The fourth-order valence-electron chi connectivity index (χ4n) is 2.61. The van der Waals surface area contributed by atoms with Crippen molar-refractivity contribution in [2.75, 3.05) is 13.2 Å². The molecule has 1 N–H and O–H groups in total. The molecule has 1 aliphatic rings. The van der Waals surface area contributed by atoms with Gasteiger partial charge in [-0.15, -0.1) is 0 Å². The number of aromatic nitrogens is 1.